The van der Waals surface area contributed by atoms with Gasteiger partial charge in [0, 0.05) is 18.5 Å². The van der Waals surface area contributed by atoms with E-state index >= 15 is 0 Å². The molecule has 2 atom stereocenters. The minimum atomic E-state index is 0.266. The first-order valence-electron chi connectivity index (χ1n) is 5.96. The van der Waals surface area contributed by atoms with Gasteiger partial charge in [0.2, 0.25) is 0 Å². The van der Waals surface area contributed by atoms with E-state index in [1.165, 1.54) is 25.7 Å². The molecule has 1 aromatic heterocycles. The molecule has 1 fully saturated rings. The summed E-state index contributed by atoms with van der Waals surface area (Å²) < 4.78 is 2.12. The Morgan fingerprint density at radius 1 is 1.40 bits per heavy atom. The topological polar surface area (TPSA) is 56.7 Å². The molecule has 0 bridgehead atoms. The summed E-state index contributed by atoms with van der Waals surface area (Å²) in [4.78, 5) is 0. The van der Waals surface area contributed by atoms with Gasteiger partial charge in [-0.05, 0) is 19.8 Å². The second-order valence-corrected chi connectivity index (χ2v) is 4.38. The van der Waals surface area contributed by atoms with E-state index in [1.807, 2.05) is 6.33 Å². The molecule has 15 heavy (non-hydrogen) atoms. The van der Waals surface area contributed by atoms with Crippen LogP contribution in [0.2, 0.25) is 0 Å². The molecule has 0 amide bonds. The summed E-state index contributed by atoms with van der Waals surface area (Å²) in [5.74, 6) is 1.50. The lowest BCUT2D eigenvalue weighted by atomic mass is 9.94. The lowest BCUT2D eigenvalue weighted by Crippen LogP contribution is -2.29. The predicted molar refractivity (Wildman–Crippen MR) is 59.5 cm³/mol. The number of hydrogen-bond donors (Lipinski definition) is 1. The maximum atomic E-state index is 6.21. The zero-order valence-electron chi connectivity index (χ0n) is 9.39. The average Bonchev–Trinajstić information content (AvgIpc) is 2.61. The molecule has 1 saturated carbocycles. The Balaban J connectivity index is 2.19. The number of aromatic nitrogens is 3. The summed E-state index contributed by atoms with van der Waals surface area (Å²) in [5.41, 5.74) is 6.21. The third kappa shape index (κ3) is 2.20. The lowest BCUT2D eigenvalue weighted by molar-refractivity contribution is 0.464. The number of aryl methyl sites for hydroxylation is 1. The number of hydrogen-bond acceptors (Lipinski definition) is 3. The van der Waals surface area contributed by atoms with Crippen LogP contribution < -0.4 is 5.73 Å². The highest BCUT2D eigenvalue weighted by molar-refractivity contribution is 5.02. The lowest BCUT2D eigenvalue weighted by Gasteiger charge is -2.20. The van der Waals surface area contributed by atoms with Gasteiger partial charge in [-0.1, -0.05) is 19.3 Å². The third-order valence-electron chi connectivity index (χ3n) is 3.39. The van der Waals surface area contributed by atoms with Crippen LogP contribution in [-0.4, -0.2) is 20.8 Å². The Kier molecular flexibility index (Phi) is 3.36. The van der Waals surface area contributed by atoms with Gasteiger partial charge >= 0.3 is 0 Å². The molecule has 2 unspecified atom stereocenters. The first-order chi connectivity index (χ1) is 7.33. The van der Waals surface area contributed by atoms with E-state index in [0.717, 1.165) is 18.8 Å². The summed E-state index contributed by atoms with van der Waals surface area (Å²) in [7, 11) is 0. The van der Waals surface area contributed by atoms with E-state index in [9.17, 15) is 0 Å². The van der Waals surface area contributed by atoms with Gasteiger partial charge in [0.25, 0.3) is 0 Å². The van der Waals surface area contributed by atoms with Gasteiger partial charge in [0.15, 0.2) is 0 Å². The molecule has 2 rings (SSSR count). The van der Waals surface area contributed by atoms with Crippen molar-refractivity contribution in [3.8, 4) is 0 Å². The Morgan fingerprint density at radius 3 is 3.00 bits per heavy atom. The largest absolute Gasteiger partial charge is 0.327 e. The molecular formula is C11H20N4. The van der Waals surface area contributed by atoms with Crippen molar-refractivity contribution in [1.29, 1.82) is 0 Å². The molecule has 1 aliphatic carbocycles. The van der Waals surface area contributed by atoms with Crippen LogP contribution in [-0.2, 0) is 6.54 Å². The quantitative estimate of drug-likeness (QED) is 0.752. The minimum absolute atomic E-state index is 0.266. The summed E-state index contributed by atoms with van der Waals surface area (Å²) in [5, 5.41) is 8.23. The first kappa shape index (κ1) is 10.6. The second kappa shape index (κ2) is 4.75. The normalized spacial score (nSPS) is 27.6. The zero-order chi connectivity index (χ0) is 10.7. The molecule has 84 valence electrons. The molecule has 4 heteroatoms. The predicted octanol–water partition coefficient (Wildman–Crippen LogP) is 1.67. The maximum absolute atomic E-state index is 6.21. The number of rotatable bonds is 2. The molecule has 4 nitrogen and oxygen atoms in total. The van der Waals surface area contributed by atoms with E-state index in [2.05, 4.69) is 21.7 Å². The molecule has 0 spiro atoms. The van der Waals surface area contributed by atoms with Crippen molar-refractivity contribution >= 4 is 0 Å². The molecular weight excluding hydrogens is 188 g/mol. The number of nitrogens with two attached hydrogens (primary N) is 1. The van der Waals surface area contributed by atoms with E-state index in [-0.39, 0.29) is 6.04 Å². The fourth-order valence-electron chi connectivity index (χ4n) is 2.45. The van der Waals surface area contributed by atoms with Crippen LogP contribution in [0.1, 0.15) is 50.8 Å². The van der Waals surface area contributed by atoms with Crippen LogP contribution in [0.15, 0.2) is 6.33 Å². The van der Waals surface area contributed by atoms with Crippen molar-refractivity contribution in [3.05, 3.63) is 12.2 Å². The van der Waals surface area contributed by atoms with Crippen LogP contribution in [0.5, 0.6) is 0 Å². The molecule has 1 aromatic rings. The maximum Gasteiger partial charge on any atom is 0.137 e. The van der Waals surface area contributed by atoms with Crippen molar-refractivity contribution in [2.45, 2.75) is 57.5 Å². The molecule has 2 N–H and O–H groups in total. The molecule has 1 aliphatic rings. The third-order valence-corrected chi connectivity index (χ3v) is 3.39. The van der Waals surface area contributed by atoms with Gasteiger partial charge in [-0.2, -0.15) is 0 Å². The van der Waals surface area contributed by atoms with Gasteiger partial charge in [-0.3, -0.25) is 0 Å². The number of nitrogens with zero attached hydrogens (tertiary/aromatic N) is 3. The fourth-order valence-corrected chi connectivity index (χ4v) is 2.45. The van der Waals surface area contributed by atoms with Gasteiger partial charge in [-0.15, -0.1) is 10.2 Å². The fraction of sp³-hybridized carbons (Fsp3) is 0.818. The summed E-state index contributed by atoms with van der Waals surface area (Å²) in [6.07, 6.45) is 7.95. The van der Waals surface area contributed by atoms with Gasteiger partial charge in [0.1, 0.15) is 12.2 Å². The monoisotopic (exact) mass is 208 g/mol. The van der Waals surface area contributed by atoms with E-state index in [4.69, 9.17) is 5.73 Å². The molecule has 0 saturated heterocycles. The summed E-state index contributed by atoms with van der Waals surface area (Å²) in [6, 6.07) is 0.266. The Bertz CT molecular complexity index is 307. The smallest absolute Gasteiger partial charge is 0.137 e. The van der Waals surface area contributed by atoms with Crippen molar-refractivity contribution < 1.29 is 0 Å². The van der Waals surface area contributed by atoms with Gasteiger partial charge < -0.3 is 10.3 Å². The molecule has 0 aliphatic heterocycles. The highest BCUT2D eigenvalue weighted by atomic mass is 15.3. The van der Waals surface area contributed by atoms with Crippen molar-refractivity contribution in [1.82, 2.24) is 14.8 Å². The highest BCUT2D eigenvalue weighted by Gasteiger charge is 2.25. The van der Waals surface area contributed by atoms with Crippen molar-refractivity contribution in [2.75, 3.05) is 0 Å². The first-order valence-corrected chi connectivity index (χ1v) is 5.96. The molecule has 0 radical (unpaired) electrons. The Morgan fingerprint density at radius 2 is 2.20 bits per heavy atom. The standard InChI is InChI=1S/C11H20N4/c1-2-15-8-13-14-11(15)9-6-4-3-5-7-10(9)12/h8-10H,2-7,12H2,1H3. The van der Waals surface area contributed by atoms with Crippen LogP contribution in [0.3, 0.4) is 0 Å². The average molecular weight is 208 g/mol. The summed E-state index contributed by atoms with van der Waals surface area (Å²) in [6.45, 7) is 3.06. The van der Waals surface area contributed by atoms with Crippen molar-refractivity contribution in [2.24, 2.45) is 5.73 Å². The highest BCUT2D eigenvalue weighted by Crippen LogP contribution is 2.29. The van der Waals surface area contributed by atoms with E-state index < -0.39 is 0 Å². The summed E-state index contributed by atoms with van der Waals surface area (Å²) >= 11 is 0. The Labute approximate surface area is 90.9 Å². The molecule has 1 heterocycles. The SMILES string of the molecule is CCn1cnnc1C1CCCCCC1N. The van der Waals surface area contributed by atoms with Crippen LogP contribution >= 0.6 is 0 Å². The Hall–Kier alpha value is -0.900. The van der Waals surface area contributed by atoms with Crippen LogP contribution in [0, 0.1) is 0 Å². The van der Waals surface area contributed by atoms with E-state index in [0.29, 0.717) is 5.92 Å². The second-order valence-electron chi connectivity index (χ2n) is 4.38. The van der Waals surface area contributed by atoms with Crippen LogP contribution in [0.4, 0.5) is 0 Å². The van der Waals surface area contributed by atoms with Gasteiger partial charge in [-0.25, -0.2) is 0 Å². The molecule has 0 aromatic carbocycles. The van der Waals surface area contributed by atoms with Gasteiger partial charge in [0.05, 0.1) is 0 Å². The van der Waals surface area contributed by atoms with E-state index in [1.54, 1.807) is 0 Å². The minimum Gasteiger partial charge on any atom is -0.327 e. The van der Waals surface area contributed by atoms with Crippen molar-refractivity contribution in [3.63, 3.8) is 0 Å². The zero-order valence-corrected chi connectivity index (χ0v) is 9.39. The van der Waals surface area contributed by atoms with Crippen LogP contribution in [0.25, 0.3) is 0 Å².